The molecule has 0 unspecified atom stereocenters. The summed E-state index contributed by atoms with van der Waals surface area (Å²) >= 11 is 1.80. The minimum absolute atomic E-state index is 0.598. The highest BCUT2D eigenvalue weighted by molar-refractivity contribution is 7.25. The summed E-state index contributed by atoms with van der Waals surface area (Å²) in [5.74, 6) is 2.53. The molecule has 6 nitrogen and oxygen atoms in total. The van der Waals surface area contributed by atoms with E-state index in [0.29, 0.717) is 23.3 Å². The maximum absolute atomic E-state index is 6.23. The molecule has 62 heavy (non-hydrogen) atoms. The Kier molecular flexibility index (Phi) is 8.57. The summed E-state index contributed by atoms with van der Waals surface area (Å²) in [6.45, 7) is 0. The van der Waals surface area contributed by atoms with E-state index in [2.05, 4.69) is 103 Å². The van der Waals surface area contributed by atoms with Gasteiger partial charge >= 0.3 is 0 Å². The van der Waals surface area contributed by atoms with Gasteiger partial charge < -0.3 is 4.42 Å². The van der Waals surface area contributed by atoms with Crippen molar-refractivity contribution in [2.24, 2.45) is 0 Å². The molecular weight excluding hydrogens is 779 g/mol. The van der Waals surface area contributed by atoms with E-state index in [1.807, 2.05) is 97.1 Å². The topological polar surface area (TPSA) is 77.6 Å². The minimum Gasteiger partial charge on any atom is -0.456 e. The molecule has 12 rings (SSSR count). The molecule has 4 heterocycles. The van der Waals surface area contributed by atoms with Crippen LogP contribution in [0.3, 0.4) is 0 Å². The standard InChI is InChI=1S/C55H33N5OS/c1-4-13-35(14-5-1)45-33-46(36-15-6-2-7-16-36)57-54(56-45)40-28-30-49-44(31-40)41-29-27-39(32-50(41)62-49)34-23-25-38(26-24-34)53-58-52(37-17-8-3-9-18-37)59-55(60-53)43-20-12-22-48-51(43)42-19-10-11-21-47(42)61-48/h1-33H. The van der Waals surface area contributed by atoms with Crippen LogP contribution < -0.4 is 0 Å². The summed E-state index contributed by atoms with van der Waals surface area (Å²) in [6.07, 6.45) is 0. The molecule has 0 aliphatic rings. The summed E-state index contributed by atoms with van der Waals surface area (Å²) in [7, 11) is 0. The maximum atomic E-state index is 6.23. The van der Waals surface area contributed by atoms with Gasteiger partial charge in [0, 0.05) is 64.3 Å². The Hall–Kier alpha value is -8.13. The molecule has 0 aliphatic heterocycles. The van der Waals surface area contributed by atoms with Crippen LogP contribution in [0.1, 0.15) is 0 Å². The van der Waals surface area contributed by atoms with Crippen molar-refractivity contribution < 1.29 is 4.42 Å². The highest BCUT2D eigenvalue weighted by atomic mass is 32.1. The molecule has 0 N–H and O–H groups in total. The molecule has 4 aromatic heterocycles. The summed E-state index contributed by atoms with van der Waals surface area (Å²) in [5, 5.41) is 4.42. The Morgan fingerprint density at radius 1 is 0.306 bits per heavy atom. The van der Waals surface area contributed by atoms with Gasteiger partial charge in [0.2, 0.25) is 0 Å². The van der Waals surface area contributed by atoms with E-state index in [1.54, 1.807) is 11.3 Å². The molecule has 0 fully saturated rings. The zero-order chi connectivity index (χ0) is 41.0. The Bertz CT molecular complexity index is 3560. The van der Waals surface area contributed by atoms with Gasteiger partial charge in [-0.25, -0.2) is 24.9 Å². The maximum Gasteiger partial charge on any atom is 0.164 e. The monoisotopic (exact) mass is 811 g/mol. The molecule has 0 bridgehead atoms. The normalized spacial score (nSPS) is 11.5. The van der Waals surface area contributed by atoms with Gasteiger partial charge in [-0.05, 0) is 53.6 Å². The molecule has 0 saturated carbocycles. The van der Waals surface area contributed by atoms with Gasteiger partial charge in [-0.15, -0.1) is 11.3 Å². The zero-order valence-electron chi connectivity index (χ0n) is 33.1. The van der Waals surface area contributed by atoms with Crippen LogP contribution in [-0.4, -0.2) is 24.9 Å². The van der Waals surface area contributed by atoms with Crippen molar-refractivity contribution in [2.75, 3.05) is 0 Å². The van der Waals surface area contributed by atoms with Gasteiger partial charge in [-0.3, -0.25) is 0 Å². The van der Waals surface area contributed by atoms with E-state index in [9.17, 15) is 0 Å². The van der Waals surface area contributed by atoms with Crippen LogP contribution in [0.5, 0.6) is 0 Å². The van der Waals surface area contributed by atoms with Crippen molar-refractivity contribution in [2.45, 2.75) is 0 Å². The van der Waals surface area contributed by atoms with E-state index in [4.69, 9.17) is 29.3 Å². The Balaban J connectivity index is 0.903. The lowest BCUT2D eigenvalue weighted by molar-refractivity contribution is 0.669. The van der Waals surface area contributed by atoms with E-state index in [-0.39, 0.29) is 0 Å². The first-order valence-electron chi connectivity index (χ1n) is 20.5. The third-order valence-electron chi connectivity index (χ3n) is 11.4. The number of hydrogen-bond acceptors (Lipinski definition) is 7. The van der Waals surface area contributed by atoms with Crippen LogP contribution in [0.2, 0.25) is 0 Å². The van der Waals surface area contributed by atoms with Crippen LogP contribution in [0.4, 0.5) is 0 Å². The fourth-order valence-electron chi connectivity index (χ4n) is 8.30. The zero-order valence-corrected chi connectivity index (χ0v) is 33.9. The van der Waals surface area contributed by atoms with Gasteiger partial charge in [0.15, 0.2) is 23.3 Å². The SMILES string of the molecule is c1ccc(-c2cc(-c3ccccc3)nc(-c3ccc4sc5cc(-c6ccc(-c7nc(-c8ccccc8)nc(-c8cccc9oc%10ccccc%10c89)n7)cc6)ccc5c4c3)n2)cc1. The smallest absolute Gasteiger partial charge is 0.164 e. The number of hydrogen-bond donors (Lipinski definition) is 0. The summed E-state index contributed by atoms with van der Waals surface area (Å²) in [4.78, 5) is 25.3. The predicted molar refractivity (Wildman–Crippen MR) is 254 cm³/mol. The minimum atomic E-state index is 0.598. The number of aromatic nitrogens is 5. The molecule has 0 atom stereocenters. The van der Waals surface area contributed by atoms with Crippen LogP contribution in [0.25, 0.3) is 121 Å². The second-order valence-electron chi connectivity index (χ2n) is 15.2. The van der Waals surface area contributed by atoms with Crippen molar-refractivity contribution in [1.82, 2.24) is 24.9 Å². The first kappa shape index (κ1) is 35.8. The van der Waals surface area contributed by atoms with Gasteiger partial charge in [0.1, 0.15) is 11.2 Å². The highest BCUT2D eigenvalue weighted by Gasteiger charge is 2.18. The number of fused-ring (bicyclic) bond motifs is 6. The van der Waals surface area contributed by atoms with Crippen molar-refractivity contribution in [3.63, 3.8) is 0 Å². The predicted octanol–water partition coefficient (Wildman–Crippen LogP) is 14.6. The van der Waals surface area contributed by atoms with Crippen molar-refractivity contribution in [1.29, 1.82) is 0 Å². The quantitative estimate of drug-likeness (QED) is 0.160. The summed E-state index contributed by atoms with van der Waals surface area (Å²) in [6, 6.07) is 68.7. The average Bonchev–Trinajstić information content (AvgIpc) is 3.92. The highest BCUT2D eigenvalue weighted by Crippen LogP contribution is 2.40. The average molecular weight is 812 g/mol. The first-order valence-corrected chi connectivity index (χ1v) is 21.3. The number of benzene rings is 8. The van der Waals surface area contributed by atoms with E-state index >= 15 is 0 Å². The molecular formula is C55H33N5OS. The number of para-hydroxylation sites is 1. The molecule has 7 heteroatoms. The molecule has 290 valence electrons. The van der Waals surface area contributed by atoms with E-state index in [1.165, 1.54) is 20.2 Å². The fraction of sp³-hybridized carbons (Fsp3) is 0. The number of thiophene rings is 1. The second kappa shape index (κ2) is 14.9. The number of furan rings is 1. The van der Waals surface area contributed by atoms with Crippen LogP contribution >= 0.6 is 11.3 Å². The third-order valence-corrected chi connectivity index (χ3v) is 12.5. The number of rotatable bonds is 7. The Morgan fingerprint density at radius 2 is 0.855 bits per heavy atom. The van der Waals surface area contributed by atoms with Gasteiger partial charge in [0.25, 0.3) is 0 Å². The number of nitrogens with zero attached hydrogens (tertiary/aromatic N) is 5. The van der Waals surface area contributed by atoms with Crippen molar-refractivity contribution in [3.05, 3.63) is 200 Å². The molecule has 12 aromatic rings. The lowest BCUT2D eigenvalue weighted by Crippen LogP contribution is -2.00. The molecule has 0 radical (unpaired) electrons. The molecule has 8 aromatic carbocycles. The summed E-state index contributed by atoms with van der Waals surface area (Å²) in [5.41, 5.74) is 11.5. The van der Waals surface area contributed by atoms with Crippen molar-refractivity contribution in [3.8, 4) is 79.2 Å². The summed E-state index contributed by atoms with van der Waals surface area (Å²) < 4.78 is 8.67. The van der Waals surface area contributed by atoms with E-state index < -0.39 is 0 Å². The van der Waals surface area contributed by atoms with Gasteiger partial charge in [0.05, 0.1) is 11.4 Å². The molecule has 0 spiro atoms. The van der Waals surface area contributed by atoms with Crippen molar-refractivity contribution >= 4 is 53.4 Å². The second-order valence-corrected chi connectivity index (χ2v) is 16.3. The Labute approximate surface area is 360 Å². The van der Waals surface area contributed by atoms with E-state index in [0.717, 1.165) is 77.8 Å². The lowest BCUT2D eigenvalue weighted by Gasteiger charge is -2.10. The van der Waals surface area contributed by atoms with Crippen LogP contribution in [-0.2, 0) is 0 Å². The van der Waals surface area contributed by atoms with Gasteiger partial charge in [-0.1, -0.05) is 158 Å². The van der Waals surface area contributed by atoms with Crippen LogP contribution in [0.15, 0.2) is 205 Å². The third kappa shape index (κ3) is 6.40. The molecule has 0 aliphatic carbocycles. The molecule has 0 saturated heterocycles. The van der Waals surface area contributed by atoms with Crippen LogP contribution in [0, 0.1) is 0 Å². The largest absolute Gasteiger partial charge is 0.456 e. The first-order chi connectivity index (χ1) is 30.7. The Morgan fingerprint density at radius 3 is 1.56 bits per heavy atom. The lowest BCUT2D eigenvalue weighted by atomic mass is 10.0. The molecule has 0 amide bonds. The fourth-order valence-corrected chi connectivity index (χ4v) is 9.43. The van der Waals surface area contributed by atoms with Gasteiger partial charge in [-0.2, -0.15) is 0 Å².